The summed E-state index contributed by atoms with van der Waals surface area (Å²) in [5.74, 6) is 0. The molecule has 0 heterocycles. The number of hydrogen-bond donors (Lipinski definition) is 0. The molecule has 0 aliphatic carbocycles. The standard InChI is InChI=1S/CH3.2Li.H2O.H/h1H3;;;1H2;. The fourth-order valence-corrected chi connectivity index (χ4v) is 0. The van der Waals surface area contributed by atoms with E-state index in [1.165, 1.54) is 0 Å². The quantitative estimate of drug-likeness (QED) is 0.306. The van der Waals surface area contributed by atoms with Crippen LogP contribution in [0.15, 0.2) is 0 Å². The van der Waals surface area contributed by atoms with E-state index in [0.29, 0.717) is 0 Å². The fraction of sp³-hybridized carbons (Fsp3) is 1.00. The summed E-state index contributed by atoms with van der Waals surface area (Å²) in [7, 11) is 0. The molecule has 4 heavy (non-hydrogen) atoms. The van der Waals surface area contributed by atoms with E-state index < -0.39 is 0 Å². The van der Waals surface area contributed by atoms with Crippen LogP contribution in [0.1, 0.15) is 0 Å². The van der Waals surface area contributed by atoms with Crippen molar-refractivity contribution in [1.29, 1.82) is 0 Å². The molecule has 0 atom stereocenters. The Labute approximate surface area is 47.8 Å². The molecule has 0 spiro atoms. The molecule has 0 rings (SSSR count). The van der Waals surface area contributed by atoms with Crippen LogP contribution >= 0.6 is 0 Å². The SMILES string of the molecule is O.[LiH].[Li][CH3]. The predicted octanol–water partition coefficient (Wildman–Crippen LogP) is -1.27. The van der Waals surface area contributed by atoms with Crippen LogP contribution < -0.4 is 0 Å². The Morgan fingerprint density at radius 2 is 1.25 bits per heavy atom. The molecule has 0 aliphatic rings. The topological polar surface area (TPSA) is 31.5 Å². The van der Waals surface area contributed by atoms with E-state index in [4.69, 9.17) is 0 Å². The zero-order chi connectivity index (χ0) is 2.00. The van der Waals surface area contributed by atoms with Crippen LogP contribution in [-0.4, -0.2) is 42.1 Å². The van der Waals surface area contributed by atoms with Gasteiger partial charge in [-0.2, -0.15) is 0 Å². The Balaban J connectivity index is -0.00000000500. The second-order valence-electron chi connectivity index (χ2n) is 0. The molecule has 0 bridgehead atoms. The molecule has 0 radical (unpaired) electrons. The van der Waals surface area contributed by atoms with Crippen molar-refractivity contribution in [3.05, 3.63) is 0 Å². The van der Waals surface area contributed by atoms with Gasteiger partial charge in [-0.1, -0.05) is 0 Å². The molecule has 3 heteroatoms. The number of hydrogen-bond acceptors (Lipinski definition) is 0. The van der Waals surface area contributed by atoms with Crippen LogP contribution in [0.3, 0.4) is 0 Å². The summed E-state index contributed by atoms with van der Waals surface area (Å²) >= 11 is 2.00. The Kier molecular flexibility index (Phi) is 149. The molecule has 0 aromatic rings. The summed E-state index contributed by atoms with van der Waals surface area (Å²) in [4.78, 5) is 0. The molecule has 0 saturated carbocycles. The molecule has 0 amide bonds. The molecular weight excluding hydrogens is 41.9 g/mol. The Morgan fingerprint density at radius 1 is 1.25 bits per heavy atom. The summed E-state index contributed by atoms with van der Waals surface area (Å²) in [6.45, 7) is 0. The number of rotatable bonds is 0. The van der Waals surface area contributed by atoms with Gasteiger partial charge in [0.25, 0.3) is 0 Å². The van der Waals surface area contributed by atoms with E-state index in [1.54, 1.807) is 0 Å². The van der Waals surface area contributed by atoms with Crippen LogP contribution in [0.2, 0.25) is 5.60 Å². The van der Waals surface area contributed by atoms with Gasteiger partial charge in [-0.3, -0.25) is 0 Å². The maximum atomic E-state index is 2.00. The second-order valence-corrected chi connectivity index (χ2v) is 0. The van der Waals surface area contributed by atoms with Gasteiger partial charge < -0.3 is 5.48 Å². The predicted molar refractivity (Wildman–Crippen MR) is 22.4 cm³/mol. The zero-order valence-electron chi connectivity index (χ0n) is 2.50. The third-order valence-electron chi connectivity index (χ3n) is 0. The van der Waals surface area contributed by atoms with E-state index >= 15 is 0 Å². The van der Waals surface area contributed by atoms with Gasteiger partial charge in [0.2, 0.25) is 0 Å². The van der Waals surface area contributed by atoms with Gasteiger partial charge in [-0.15, -0.1) is 0 Å². The average Bonchev–Trinajstić information content (AvgIpc) is 1.00. The Bertz CT molecular complexity index is 6.00. The van der Waals surface area contributed by atoms with Crippen LogP contribution in [-0.2, 0) is 0 Å². The van der Waals surface area contributed by atoms with Crippen molar-refractivity contribution in [1.82, 2.24) is 0 Å². The first-order valence-electron chi connectivity index (χ1n) is 1.00. The monoisotopic (exact) mass is 48.1 g/mol. The molecular formula is CH6Li2O. The molecule has 0 fully saturated rings. The maximum absolute atomic E-state index is 2.00. The third-order valence-corrected chi connectivity index (χ3v) is 0. The fourth-order valence-electron chi connectivity index (χ4n) is 0. The summed E-state index contributed by atoms with van der Waals surface area (Å²) in [5.41, 5.74) is 2.00. The first kappa shape index (κ1) is 19.2. The Hall–Kier alpha value is 1.15. The van der Waals surface area contributed by atoms with Gasteiger partial charge in [0, 0.05) is 0 Å². The van der Waals surface area contributed by atoms with Crippen molar-refractivity contribution in [2.45, 2.75) is 5.60 Å². The summed E-state index contributed by atoms with van der Waals surface area (Å²) in [5, 5.41) is 0. The van der Waals surface area contributed by atoms with Crippen LogP contribution in [0.25, 0.3) is 0 Å². The summed E-state index contributed by atoms with van der Waals surface area (Å²) in [6, 6.07) is 0. The van der Waals surface area contributed by atoms with Crippen LogP contribution in [0.5, 0.6) is 0 Å². The molecule has 0 aromatic carbocycles. The van der Waals surface area contributed by atoms with E-state index in [-0.39, 0.29) is 24.3 Å². The Morgan fingerprint density at radius 3 is 1.25 bits per heavy atom. The molecule has 0 aromatic heterocycles. The van der Waals surface area contributed by atoms with Gasteiger partial charge in [-0.05, 0) is 0 Å². The summed E-state index contributed by atoms with van der Waals surface area (Å²) < 4.78 is 0. The minimum absolute atomic E-state index is 0. The van der Waals surface area contributed by atoms with Crippen molar-refractivity contribution in [2.24, 2.45) is 0 Å². The summed E-state index contributed by atoms with van der Waals surface area (Å²) in [6.07, 6.45) is 0. The van der Waals surface area contributed by atoms with Crippen molar-refractivity contribution in [3.8, 4) is 0 Å². The molecule has 0 aliphatic heterocycles. The normalized spacial score (nSPS) is 1.75. The van der Waals surface area contributed by atoms with Crippen molar-refractivity contribution < 1.29 is 5.48 Å². The first-order chi connectivity index (χ1) is 1.00. The molecule has 0 saturated heterocycles. The first-order valence-corrected chi connectivity index (χ1v) is 1.00. The van der Waals surface area contributed by atoms with Crippen molar-refractivity contribution >= 4 is 36.6 Å². The van der Waals surface area contributed by atoms with E-state index in [9.17, 15) is 0 Å². The molecule has 0 unspecified atom stereocenters. The minimum atomic E-state index is 0. The molecule has 1 nitrogen and oxygen atoms in total. The zero-order valence-corrected chi connectivity index (χ0v) is 2.50. The van der Waals surface area contributed by atoms with E-state index in [1.807, 2.05) is 23.3 Å². The molecule has 2 N–H and O–H groups in total. The van der Waals surface area contributed by atoms with Gasteiger partial charge in [-0.25, -0.2) is 0 Å². The average molecular weight is 47.9 g/mol. The van der Waals surface area contributed by atoms with Gasteiger partial charge in [0.15, 0.2) is 0 Å². The second kappa shape index (κ2) is 31.0. The molecule has 18 valence electrons. The van der Waals surface area contributed by atoms with Crippen LogP contribution in [0, 0.1) is 0 Å². The van der Waals surface area contributed by atoms with Gasteiger partial charge in [0.05, 0.1) is 0 Å². The van der Waals surface area contributed by atoms with E-state index in [0.717, 1.165) is 0 Å². The third kappa shape index (κ3) is 11.0. The van der Waals surface area contributed by atoms with Crippen LogP contribution in [0.4, 0.5) is 0 Å². The van der Waals surface area contributed by atoms with Gasteiger partial charge in [0.1, 0.15) is 0 Å². The van der Waals surface area contributed by atoms with Crippen molar-refractivity contribution in [2.75, 3.05) is 0 Å². The van der Waals surface area contributed by atoms with E-state index in [2.05, 4.69) is 0 Å². The van der Waals surface area contributed by atoms with Crippen molar-refractivity contribution in [3.63, 3.8) is 0 Å². The van der Waals surface area contributed by atoms with Gasteiger partial charge >= 0.3 is 42.2 Å².